The number of hydrazone groups is 1. The van der Waals surface area contributed by atoms with Gasteiger partial charge in [0.15, 0.2) is 5.11 Å². The number of hydrogen-bond donors (Lipinski definition) is 2. The molecule has 2 N–H and O–H groups in total. The molecule has 0 atom stereocenters. The van der Waals surface area contributed by atoms with Crippen LogP contribution >= 0.6 is 12.2 Å². The second kappa shape index (κ2) is 14.4. The van der Waals surface area contributed by atoms with Gasteiger partial charge in [-0.05, 0) is 80.0 Å². The first kappa shape index (κ1) is 24.7. The Labute approximate surface area is 192 Å². The van der Waals surface area contributed by atoms with Crippen molar-refractivity contribution in [2.75, 3.05) is 6.61 Å². The number of rotatable bonds is 13. The number of hydrogen-bond acceptors (Lipinski definition) is 4. The van der Waals surface area contributed by atoms with Crippen molar-refractivity contribution >= 4 is 23.5 Å². The second-order valence-electron chi connectivity index (χ2n) is 7.69. The quantitative estimate of drug-likeness (QED) is 0.177. The highest BCUT2D eigenvalue weighted by Crippen LogP contribution is 2.14. The highest BCUT2D eigenvalue weighted by atomic mass is 32.1. The van der Waals surface area contributed by atoms with Crippen LogP contribution in [-0.4, -0.2) is 24.0 Å². The van der Waals surface area contributed by atoms with E-state index in [0.29, 0.717) is 11.7 Å². The fourth-order valence-electron chi connectivity index (χ4n) is 2.89. The third kappa shape index (κ3) is 10.8. The molecule has 2 rings (SSSR count). The van der Waals surface area contributed by atoms with Crippen molar-refractivity contribution in [3.8, 4) is 11.5 Å². The fraction of sp³-hybridized carbons (Fsp3) is 0.440. The lowest BCUT2D eigenvalue weighted by Crippen LogP contribution is -2.31. The Kier molecular flexibility index (Phi) is 11.5. The van der Waals surface area contributed by atoms with E-state index >= 15 is 0 Å². The SMILES string of the molecule is CCCCCCCOc1ccc(C=NNC(=S)NCc2ccc(OC(C)C)cc2)cc1. The van der Waals surface area contributed by atoms with Gasteiger partial charge in [0.2, 0.25) is 0 Å². The van der Waals surface area contributed by atoms with Crippen LogP contribution < -0.4 is 20.2 Å². The Morgan fingerprint density at radius 2 is 1.65 bits per heavy atom. The summed E-state index contributed by atoms with van der Waals surface area (Å²) in [5.41, 5.74) is 4.94. The number of nitrogens with zero attached hydrogens (tertiary/aromatic N) is 1. The van der Waals surface area contributed by atoms with Gasteiger partial charge in [0.1, 0.15) is 11.5 Å². The van der Waals surface area contributed by atoms with Gasteiger partial charge in [0.05, 0.1) is 18.9 Å². The van der Waals surface area contributed by atoms with E-state index in [9.17, 15) is 0 Å². The Balaban J connectivity index is 1.65. The topological polar surface area (TPSA) is 54.9 Å². The van der Waals surface area contributed by atoms with Crippen molar-refractivity contribution < 1.29 is 9.47 Å². The third-order valence-electron chi connectivity index (χ3n) is 4.52. The van der Waals surface area contributed by atoms with E-state index in [1.165, 1.54) is 25.7 Å². The number of unbranched alkanes of at least 4 members (excludes halogenated alkanes) is 4. The first-order valence-corrected chi connectivity index (χ1v) is 11.5. The highest BCUT2D eigenvalue weighted by molar-refractivity contribution is 7.80. The summed E-state index contributed by atoms with van der Waals surface area (Å²) in [5.74, 6) is 1.76. The predicted octanol–water partition coefficient (Wildman–Crippen LogP) is 5.82. The minimum atomic E-state index is 0.169. The molecule has 0 heterocycles. The van der Waals surface area contributed by atoms with E-state index in [-0.39, 0.29) is 6.10 Å². The molecular weight excluding hydrogens is 406 g/mol. The molecule has 5 nitrogen and oxygen atoms in total. The number of nitrogens with one attached hydrogen (secondary N) is 2. The lowest BCUT2D eigenvalue weighted by molar-refractivity contribution is 0.242. The highest BCUT2D eigenvalue weighted by Gasteiger charge is 2.00. The molecule has 0 aliphatic rings. The molecule has 0 aromatic heterocycles. The van der Waals surface area contributed by atoms with Crippen molar-refractivity contribution in [3.05, 3.63) is 59.7 Å². The average molecular weight is 442 g/mol. The first-order valence-electron chi connectivity index (χ1n) is 11.1. The van der Waals surface area contributed by atoms with E-state index in [1.807, 2.05) is 62.4 Å². The van der Waals surface area contributed by atoms with Gasteiger partial charge in [-0.1, -0.05) is 44.7 Å². The smallest absolute Gasteiger partial charge is 0.187 e. The van der Waals surface area contributed by atoms with Crippen LogP contribution in [0.3, 0.4) is 0 Å². The minimum Gasteiger partial charge on any atom is -0.494 e. The second-order valence-corrected chi connectivity index (χ2v) is 8.10. The molecule has 0 unspecified atom stereocenters. The Morgan fingerprint density at radius 1 is 0.968 bits per heavy atom. The van der Waals surface area contributed by atoms with E-state index < -0.39 is 0 Å². The monoisotopic (exact) mass is 441 g/mol. The summed E-state index contributed by atoms with van der Waals surface area (Å²) in [5, 5.41) is 7.81. The molecule has 168 valence electrons. The largest absolute Gasteiger partial charge is 0.494 e. The van der Waals surface area contributed by atoms with Crippen LogP contribution in [0.25, 0.3) is 0 Å². The Hall–Kier alpha value is -2.60. The van der Waals surface area contributed by atoms with Gasteiger partial charge < -0.3 is 14.8 Å². The lowest BCUT2D eigenvalue weighted by Gasteiger charge is -2.11. The van der Waals surface area contributed by atoms with Crippen LogP contribution in [0.1, 0.15) is 64.0 Å². The summed E-state index contributed by atoms with van der Waals surface area (Å²) in [7, 11) is 0. The molecular formula is C25H35N3O2S. The molecule has 0 amide bonds. The van der Waals surface area contributed by atoms with Crippen LogP contribution in [0.15, 0.2) is 53.6 Å². The zero-order valence-corrected chi connectivity index (χ0v) is 19.7. The molecule has 0 fully saturated rings. The van der Waals surface area contributed by atoms with Crippen molar-refractivity contribution in [3.63, 3.8) is 0 Å². The summed E-state index contributed by atoms with van der Waals surface area (Å²) in [4.78, 5) is 0. The molecule has 0 aliphatic heterocycles. The van der Waals surface area contributed by atoms with Gasteiger partial charge in [0, 0.05) is 6.54 Å². The zero-order valence-electron chi connectivity index (χ0n) is 18.9. The molecule has 0 bridgehead atoms. The number of ether oxygens (including phenoxy) is 2. The average Bonchev–Trinajstić information content (AvgIpc) is 2.76. The Bertz CT molecular complexity index is 789. The zero-order chi connectivity index (χ0) is 22.3. The molecule has 2 aromatic carbocycles. The van der Waals surface area contributed by atoms with Crippen molar-refractivity contribution in [1.29, 1.82) is 0 Å². The van der Waals surface area contributed by atoms with Gasteiger partial charge in [0.25, 0.3) is 0 Å². The maximum absolute atomic E-state index is 5.79. The summed E-state index contributed by atoms with van der Waals surface area (Å²) in [6.45, 7) is 7.64. The fourth-order valence-corrected chi connectivity index (χ4v) is 3.02. The van der Waals surface area contributed by atoms with Crippen LogP contribution in [0.2, 0.25) is 0 Å². The predicted molar refractivity (Wildman–Crippen MR) is 133 cm³/mol. The van der Waals surface area contributed by atoms with Gasteiger partial charge in [-0.3, -0.25) is 5.43 Å². The summed E-state index contributed by atoms with van der Waals surface area (Å²) >= 11 is 5.28. The van der Waals surface area contributed by atoms with E-state index in [2.05, 4.69) is 22.8 Å². The molecule has 0 spiro atoms. The van der Waals surface area contributed by atoms with Gasteiger partial charge >= 0.3 is 0 Å². The molecule has 6 heteroatoms. The molecule has 0 saturated heterocycles. The molecule has 31 heavy (non-hydrogen) atoms. The van der Waals surface area contributed by atoms with Crippen LogP contribution in [0, 0.1) is 0 Å². The number of thiocarbonyl (C=S) groups is 1. The normalized spacial score (nSPS) is 11.0. The summed E-state index contributed by atoms with van der Waals surface area (Å²) < 4.78 is 11.4. The van der Waals surface area contributed by atoms with Gasteiger partial charge in [-0.15, -0.1) is 0 Å². The van der Waals surface area contributed by atoms with E-state index in [1.54, 1.807) is 6.21 Å². The molecule has 0 radical (unpaired) electrons. The Morgan fingerprint density at radius 3 is 2.32 bits per heavy atom. The summed E-state index contributed by atoms with van der Waals surface area (Å²) in [6, 6.07) is 15.9. The molecule has 0 saturated carbocycles. The van der Waals surface area contributed by atoms with Crippen LogP contribution in [-0.2, 0) is 6.54 Å². The van der Waals surface area contributed by atoms with E-state index in [0.717, 1.165) is 35.7 Å². The van der Waals surface area contributed by atoms with E-state index in [4.69, 9.17) is 21.7 Å². The summed E-state index contributed by atoms with van der Waals surface area (Å²) in [6.07, 6.45) is 8.11. The third-order valence-corrected chi connectivity index (χ3v) is 4.76. The lowest BCUT2D eigenvalue weighted by atomic mass is 10.2. The van der Waals surface area contributed by atoms with Crippen molar-refractivity contribution in [1.82, 2.24) is 10.7 Å². The maximum atomic E-state index is 5.79. The van der Waals surface area contributed by atoms with Crippen LogP contribution in [0.5, 0.6) is 11.5 Å². The molecule has 0 aliphatic carbocycles. The number of benzene rings is 2. The van der Waals surface area contributed by atoms with Crippen molar-refractivity contribution in [2.24, 2.45) is 5.10 Å². The maximum Gasteiger partial charge on any atom is 0.187 e. The van der Waals surface area contributed by atoms with Gasteiger partial charge in [-0.2, -0.15) is 5.10 Å². The standard InChI is InChI=1S/C25H35N3O2S/c1-4-5-6-7-8-17-29-23-13-9-22(10-14-23)19-27-28-25(31)26-18-21-11-15-24(16-12-21)30-20(2)3/h9-16,19-20H,4-8,17-18H2,1-3H3,(H2,26,28,31). The first-order chi connectivity index (χ1) is 15.1. The van der Waals surface area contributed by atoms with Crippen molar-refractivity contribution in [2.45, 2.75) is 65.5 Å². The van der Waals surface area contributed by atoms with Crippen LogP contribution in [0.4, 0.5) is 0 Å². The molecule has 2 aromatic rings. The van der Waals surface area contributed by atoms with Gasteiger partial charge in [-0.25, -0.2) is 0 Å². The minimum absolute atomic E-state index is 0.169.